The molecule has 6 nitrogen and oxygen atoms in total. The number of fused-ring (bicyclic) bond motifs is 1. The Balaban J connectivity index is 1.58. The summed E-state index contributed by atoms with van der Waals surface area (Å²) in [6.07, 6.45) is 3.26. The standard InChI is InChI=1S/C28H22FN3O3/c1-17-11-12-21(13-18(17)2)32-27(34)23(26(33)30-28(32)35)14-20-16-31(25-10-6-4-8-22(20)25)15-19-7-3-5-9-24(19)29/h3-14,16H,15H2,1-2H3,(H,30,33,35)/b23-14+. The molecule has 1 fully saturated rings. The highest BCUT2D eigenvalue weighted by Gasteiger charge is 2.37. The maximum Gasteiger partial charge on any atom is 0.335 e. The molecule has 2 heterocycles. The molecule has 35 heavy (non-hydrogen) atoms. The molecule has 0 atom stereocenters. The van der Waals surface area contributed by atoms with Crippen LogP contribution in [0.1, 0.15) is 22.3 Å². The molecule has 0 radical (unpaired) electrons. The molecule has 0 bridgehead atoms. The van der Waals surface area contributed by atoms with Crippen LogP contribution in [0.4, 0.5) is 14.9 Å². The number of aromatic nitrogens is 1. The van der Waals surface area contributed by atoms with Crippen LogP contribution in [-0.2, 0) is 16.1 Å². The highest BCUT2D eigenvalue weighted by Crippen LogP contribution is 2.28. The second-order valence-corrected chi connectivity index (χ2v) is 8.55. The Labute approximate surface area is 201 Å². The van der Waals surface area contributed by atoms with Crippen molar-refractivity contribution in [3.05, 3.63) is 107 Å². The average Bonchev–Trinajstić information content (AvgIpc) is 3.17. The van der Waals surface area contributed by atoms with Gasteiger partial charge in [0.25, 0.3) is 11.8 Å². The van der Waals surface area contributed by atoms with Gasteiger partial charge in [-0.05, 0) is 55.3 Å². The van der Waals surface area contributed by atoms with E-state index in [-0.39, 0.29) is 17.9 Å². The Bertz CT molecular complexity index is 1550. The van der Waals surface area contributed by atoms with E-state index in [9.17, 15) is 18.8 Å². The predicted molar refractivity (Wildman–Crippen MR) is 132 cm³/mol. The minimum absolute atomic E-state index is 0.156. The highest BCUT2D eigenvalue weighted by molar-refractivity contribution is 6.39. The van der Waals surface area contributed by atoms with Crippen molar-refractivity contribution in [2.45, 2.75) is 20.4 Å². The number of para-hydroxylation sites is 1. The van der Waals surface area contributed by atoms with E-state index in [0.717, 1.165) is 26.9 Å². The Morgan fingerprint density at radius 1 is 0.914 bits per heavy atom. The molecule has 0 spiro atoms. The van der Waals surface area contributed by atoms with Crippen molar-refractivity contribution in [3.8, 4) is 0 Å². The van der Waals surface area contributed by atoms with Crippen LogP contribution < -0.4 is 10.2 Å². The smallest absolute Gasteiger partial charge is 0.335 e. The first-order valence-electron chi connectivity index (χ1n) is 11.1. The number of carbonyl (C=O) groups is 3. The number of barbiturate groups is 1. The summed E-state index contributed by atoms with van der Waals surface area (Å²) in [7, 11) is 0. The zero-order valence-electron chi connectivity index (χ0n) is 19.2. The zero-order valence-corrected chi connectivity index (χ0v) is 19.2. The summed E-state index contributed by atoms with van der Waals surface area (Å²) in [5.41, 5.74) is 4.13. The number of urea groups is 1. The van der Waals surface area contributed by atoms with Crippen molar-refractivity contribution in [3.63, 3.8) is 0 Å². The molecule has 1 aliphatic rings. The number of rotatable bonds is 4. The summed E-state index contributed by atoms with van der Waals surface area (Å²) < 4.78 is 16.2. The van der Waals surface area contributed by atoms with E-state index >= 15 is 0 Å². The molecule has 7 heteroatoms. The van der Waals surface area contributed by atoms with Gasteiger partial charge in [0.1, 0.15) is 11.4 Å². The lowest BCUT2D eigenvalue weighted by Gasteiger charge is -2.26. The molecule has 1 aromatic heterocycles. The van der Waals surface area contributed by atoms with Gasteiger partial charge in [-0.2, -0.15) is 0 Å². The lowest BCUT2D eigenvalue weighted by Crippen LogP contribution is -2.54. The highest BCUT2D eigenvalue weighted by atomic mass is 19.1. The van der Waals surface area contributed by atoms with E-state index in [1.54, 1.807) is 36.5 Å². The molecule has 174 valence electrons. The number of nitrogens with zero attached hydrogens (tertiary/aromatic N) is 2. The van der Waals surface area contributed by atoms with Crippen LogP contribution in [0, 0.1) is 19.7 Å². The molecule has 1 aliphatic heterocycles. The number of aryl methyl sites for hydroxylation is 2. The van der Waals surface area contributed by atoms with Gasteiger partial charge in [-0.15, -0.1) is 0 Å². The van der Waals surface area contributed by atoms with E-state index in [2.05, 4.69) is 5.32 Å². The van der Waals surface area contributed by atoms with Gasteiger partial charge in [-0.3, -0.25) is 14.9 Å². The molecule has 4 aromatic rings. The maximum absolute atomic E-state index is 14.3. The Morgan fingerprint density at radius 3 is 2.43 bits per heavy atom. The van der Waals surface area contributed by atoms with Gasteiger partial charge in [0, 0.05) is 28.2 Å². The number of benzene rings is 3. The quantitative estimate of drug-likeness (QED) is 0.335. The number of imide groups is 2. The summed E-state index contributed by atoms with van der Waals surface area (Å²) in [6, 6.07) is 18.5. The van der Waals surface area contributed by atoms with Gasteiger partial charge in [0.15, 0.2) is 0 Å². The van der Waals surface area contributed by atoms with Crippen molar-refractivity contribution in [1.82, 2.24) is 9.88 Å². The van der Waals surface area contributed by atoms with Gasteiger partial charge in [-0.25, -0.2) is 14.1 Å². The summed E-state index contributed by atoms with van der Waals surface area (Å²) in [5.74, 6) is -1.77. The minimum Gasteiger partial charge on any atom is -0.342 e. The molecule has 0 aliphatic carbocycles. The fourth-order valence-electron chi connectivity index (χ4n) is 4.24. The number of amides is 4. The van der Waals surface area contributed by atoms with Crippen LogP contribution in [-0.4, -0.2) is 22.4 Å². The number of anilines is 1. The van der Waals surface area contributed by atoms with Crippen molar-refractivity contribution in [1.29, 1.82) is 0 Å². The molecule has 1 saturated heterocycles. The third kappa shape index (κ3) is 4.01. The minimum atomic E-state index is -0.789. The molecule has 5 rings (SSSR count). The zero-order chi connectivity index (χ0) is 24.7. The molecule has 4 amide bonds. The summed E-state index contributed by atoms with van der Waals surface area (Å²) in [5, 5.41) is 3.07. The molecular formula is C28H22FN3O3. The number of halogens is 1. The molecule has 0 saturated carbocycles. The number of hydrogen-bond acceptors (Lipinski definition) is 3. The molecule has 0 unspecified atom stereocenters. The van der Waals surface area contributed by atoms with E-state index in [1.807, 2.05) is 48.7 Å². The van der Waals surface area contributed by atoms with E-state index in [4.69, 9.17) is 0 Å². The average molecular weight is 468 g/mol. The Kier molecular flexibility index (Phi) is 5.53. The van der Waals surface area contributed by atoms with Crippen LogP contribution in [0.25, 0.3) is 17.0 Å². The first-order valence-corrected chi connectivity index (χ1v) is 11.1. The lowest BCUT2D eigenvalue weighted by molar-refractivity contribution is -0.122. The second kappa shape index (κ2) is 8.68. The van der Waals surface area contributed by atoms with Crippen LogP contribution in [0.5, 0.6) is 0 Å². The lowest BCUT2D eigenvalue weighted by atomic mass is 10.0. The summed E-state index contributed by atoms with van der Waals surface area (Å²) in [6.45, 7) is 4.10. The third-order valence-electron chi connectivity index (χ3n) is 6.27. The Hall–Kier alpha value is -4.52. The van der Waals surface area contributed by atoms with Gasteiger partial charge in [-0.1, -0.05) is 42.5 Å². The fourth-order valence-corrected chi connectivity index (χ4v) is 4.24. The maximum atomic E-state index is 14.3. The van der Waals surface area contributed by atoms with E-state index in [1.165, 1.54) is 12.1 Å². The first-order chi connectivity index (χ1) is 16.8. The second-order valence-electron chi connectivity index (χ2n) is 8.55. The third-order valence-corrected chi connectivity index (χ3v) is 6.27. The van der Waals surface area contributed by atoms with Gasteiger partial charge in [0.2, 0.25) is 0 Å². The predicted octanol–water partition coefficient (Wildman–Crippen LogP) is 5.11. The van der Waals surface area contributed by atoms with Crippen molar-refractivity contribution < 1.29 is 18.8 Å². The van der Waals surface area contributed by atoms with Crippen LogP contribution >= 0.6 is 0 Å². The van der Waals surface area contributed by atoms with Crippen LogP contribution in [0.2, 0.25) is 0 Å². The van der Waals surface area contributed by atoms with Crippen molar-refractivity contribution >= 4 is 40.5 Å². The number of nitrogens with one attached hydrogen (secondary N) is 1. The topological polar surface area (TPSA) is 71.4 Å². The number of hydrogen-bond donors (Lipinski definition) is 1. The molecule has 1 N–H and O–H groups in total. The monoisotopic (exact) mass is 467 g/mol. The summed E-state index contributed by atoms with van der Waals surface area (Å²) in [4.78, 5) is 39.6. The SMILES string of the molecule is Cc1ccc(N2C(=O)NC(=O)/C(=C\c3cn(Cc4ccccc4F)c4ccccc34)C2=O)cc1C. The Morgan fingerprint density at radius 2 is 1.66 bits per heavy atom. The first kappa shape index (κ1) is 22.3. The fraction of sp³-hybridized carbons (Fsp3) is 0.107. The van der Waals surface area contributed by atoms with Crippen molar-refractivity contribution in [2.24, 2.45) is 0 Å². The molecular weight excluding hydrogens is 445 g/mol. The van der Waals surface area contributed by atoms with Gasteiger partial charge in [0.05, 0.1) is 12.2 Å². The largest absolute Gasteiger partial charge is 0.342 e. The van der Waals surface area contributed by atoms with Crippen molar-refractivity contribution in [2.75, 3.05) is 4.90 Å². The van der Waals surface area contributed by atoms with Gasteiger partial charge < -0.3 is 4.57 Å². The molecule has 3 aromatic carbocycles. The van der Waals surface area contributed by atoms with Gasteiger partial charge >= 0.3 is 6.03 Å². The van der Waals surface area contributed by atoms with E-state index in [0.29, 0.717) is 16.8 Å². The number of carbonyl (C=O) groups excluding carboxylic acids is 3. The van der Waals surface area contributed by atoms with Crippen LogP contribution in [0.3, 0.4) is 0 Å². The van der Waals surface area contributed by atoms with Crippen LogP contribution in [0.15, 0.2) is 78.5 Å². The summed E-state index contributed by atoms with van der Waals surface area (Å²) >= 11 is 0. The van der Waals surface area contributed by atoms with E-state index < -0.39 is 17.8 Å². The normalized spacial score (nSPS) is 15.2.